The number of carbonyl (C=O) groups is 1. The van der Waals surface area contributed by atoms with E-state index in [9.17, 15) is 9.90 Å². The van der Waals surface area contributed by atoms with Crippen LogP contribution >= 0.6 is 0 Å². The quantitative estimate of drug-likeness (QED) is 0.816. The first-order valence-corrected chi connectivity index (χ1v) is 7.05. The Morgan fingerprint density at radius 3 is 2.75 bits per heavy atom. The Labute approximate surface area is 118 Å². The number of nitrogens with one attached hydrogen (secondary N) is 1. The summed E-state index contributed by atoms with van der Waals surface area (Å²) in [6, 6.07) is 0.284. The summed E-state index contributed by atoms with van der Waals surface area (Å²) in [5.74, 6) is 0.134. The maximum Gasteiger partial charge on any atom is 0.341 e. The lowest BCUT2D eigenvalue weighted by Gasteiger charge is -2.26. The first-order valence-electron chi connectivity index (χ1n) is 7.05. The first kappa shape index (κ1) is 14.7. The zero-order valence-corrected chi connectivity index (χ0v) is 11.9. The highest BCUT2D eigenvalue weighted by atomic mass is 16.5. The lowest BCUT2D eigenvalue weighted by Crippen LogP contribution is -2.29. The normalized spacial score (nSPS) is 22.4. The molecule has 0 atom stereocenters. The van der Waals surface area contributed by atoms with E-state index in [0.29, 0.717) is 23.8 Å². The minimum Gasteiger partial charge on any atom is -0.462 e. The van der Waals surface area contributed by atoms with Gasteiger partial charge in [-0.3, -0.25) is 0 Å². The van der Waals surface area contributed by atoms with E-state index >= 15 is 0 Å². The van der Waals surface area contributed by atoms with Gasteiger partial charge in [-0.1, -0.05) is 0 Å². The molecule has 1 aliphatic rings. The lowest BCUT2D eigenvalue weighted by molar-refractivity contribution is 0.0524. The third kappa shape index (κ3) is 3.66. The molecular formula is C14H21N3O3. The zero-order chi connectivity index (χ0) is 14.5. The molecule has 0 spiro atoms. The fraction of sp³-hybridized carbons (Fsp3) is 0.643. The summed E-state index contributed by atoms with van der Waals surface area (Å²) >= 11 is 0. The second kappa shape index (κ2) is 6.65. The summed E-state index contributed by atoms with van der Waals surface area (Å²) in [4.78, 5) is 20.1. The fourth-order valence-corrected chi connectivity index (χ4v) is 2.35. The van der Waals surface area contributed by atoms with Crippen LogP contribution in [-0.4, -0.2) is 39.8 Å². The molecule has 0 unspecified atom stereocenters. The molecule has 0 bridgehead atoms. The number of aryl methyl sites for hydroxylation is 1. The Bertz CT molecular complexity index is 471. The molecule has 0 radical (unpaired) electrons. The summed E-state index contributed by atoms with van der Waals surface area (Å²) in [6.45, 7) is 3.87. The number of aliphatic hydroxyl groups excluding tert-OH is 1. The Morgan fingerprint density at radius 1 is 1.45 bits per heavy atom. The number of aliphatic hydroxyl groups is 1. The molecule has 1 saturated carbocycles. The second-order valence-corrected chi connectivity index (χ2v) is 5.06. The van der Waals surface area contributed by atoms with Gasteiger partial charge in [0.05, 0.1) is 24.0 Å². The fourth-order valence-electron chi connectivity index (χ4n) is 2.35. The molecular weight excluding hydrogens is 258 g/mol. The Hall–Kier alpha value is -1.69. The van der Waals surface area contributed by atoms with Gasteiger partial charge in [0.1, 0.15) is 0 Å². The largest absolute Gasteiger partial charge is 0.462 e. The molecule has 0 aromatic carbocycles. The first-order chi connectivity index (χ1) is 9.60. The van der Waals surface area contributed by atoms with Crippen molar-refractivity contribution >= 4 is 11.9 Å². The molecule has 0 aliphatic heterocycles. The maximum atomic E-state index is 11.7. The number of nitrogens with zero attached hydrogens (tertiary/aromatic N) is 2. The van der Waals surface area contributed by atoms with Crippen LogP contribution in [0.2, 0.25) is 0 Å². The lowest BCUT2D eigenvalue weighted by atomic mass is 9.93. The van der Waals surface area contributed by atoms with Gasteiger partial charge in [0, 0.05) is 12.2 Å². The molecule has 110 valence electrons. The SMILES string of the molecule is CCOC(=O)c1cnc(NC2CCC(O)CC2)nc1C. The van der Waals surface area contributed by atoms with Crippen molar-refractivity contribution in [2.24, 2.45) is 0 Å². The Balaban J connectivity index is 2.00. The topological polar surface area (TPSA) is 84.3 Å². The van der Waals surface area contributed by atoms with Gasteiger partial charge in [-0.05, 0) is 39.5 Å². The molecule has 0 saturated heterocycles. The van der Waals surface area contributed by atoms with Crippen molar-refractivity contribution in [1.29, 1.82) is 0 Å². The van der Waals surface area contributed by atoms with E-state index in [2.05, 4.69) is 15.3 Å². The van der Waals surface area contributed by atoms with Crippen molar-refractivity contribution in [3.05, 3.63) is 17.5 Å². The summed E-state index contributed by atoms with van der Waals surface area (Å²) in [6.07, 6.45) is 4.74. The predicted octanol–water partition coefficient (Wildman–Crippen LogP) is 1.68. The van der Waals surface area contributed by atoms with Gasteiger partial charge in [0.25, 0.3) is 0 Å². The van der Waals surface area contributed by atoms with E-state index in [1.54, 1.807) is 13.8 Å². The van der Waals surface area contributed by atoms with Gasteiger partial charge >= 0.3 is 5.97 Å². The molecule has 1 fully saturated rings. The number of anilines is 1. The predicted molar refractivity (Wildman–Crippen MR) is 74.6 cm³/mol. The summed E-state index contributed by atoms with van der Waals surface area (Å²) in [5.41, 5.74) is 1.01. The summed E-state index contributed by atoms with van der Waals surface area (Å²) in [7, 11) is 0. The molecule has 1 aromatic rings. The van der Waals surface area contributed by atoms with Crippen molar-refractivity contribution in [2.75, 3.05) is 11.9 Å². The van der Waals surface area contributed by atoms with E-state index in [1.807, 2.05) is 0 Å². The Kier molecular flexibility index (Phi) is 4.89. The number of esters is 1. The average Bonchev–Trinajstić information content (AvgIpc) is 2.42. The van der Waals surface area contributed by atoms with Crippen LogP contribution in [0.15, 0.2) is 6.20 Å². The van der Waals surface area contributed by atoms with Crippen molar-refractivity contribution < 1.29 is 14.6 Å². The summed E-state index contributed by atoms with van der Waals surface area (Å²) in [5, 5.41) is 12.7. The van der Waals surface area contributed by atoms with Gasteiger partial charge in [-0.15, -0.1) is 0 Å². The highest BCUT2D eigenvalue weighted by Gasteiger charge is 2.20. The highest BCUT2D eigenvalue weighted by Crippen LogP contribution is 2.21. The molecule has 1 aromatic heterocycles. The summed E-state index contributed by atoms with van der Waals surface area (Å²) < 4.78 is 4.94. The van der Waals surface area contributed by atoms with Gasteiger partial charge in [0.15, 0.2) is 0 Å². The number of hydrogen-bond donors (Lipinski definition) is 2. The molecule has 1 aliphatic carbocycles. The van der Waals surface area contributed by atoms with Crippen LogP contribution in [0.1, 0.15) is 48.7 Å². The average molecular weight is 279 g/mol. The maximum absolute atomic E-state index is 11.7. The van der Waals surface area contributed by atoms with Crippen LogP contribution < -0.4 is 5.32 Å². The third-order valence-electron chi connectivity index (χ3n) is 3.50. The van der Waals surface area contributed by atoms with Gasteiger partial charge in [0.2, 0.25) is 5.95 Å². The van der Waals surface area contributed by atoms with E-state index in [0.717, 1.165) is 25.7 Å². The van der Waals surface area contributed by atoms with Gasteiger partial charge in [-0.25, -0.2) is 14.8 Å². The van der Waals surface area contributed by atoms with Gasteiger partial charge < -0.3 is 15.2 Å². The van der Waals surface area contributed by atoms with Crippen LogP contribution in [0, 0.1) is 6.92 Å². The molecule has 6 nitrogen and oxygen atoms in total. The molecule has 0 amide bonds. The van der Waals surface area contributed by atoms with E-state index in [-0.39, 0.29) is 12.1 Å². The van der Waals surface area contributed by atoms with Crippen LogP contribution in [0.5, 0.6) is 0 Å². The number of aromatic nitrogens is 2. The third-order valence-corrected chi connectivity index (χ3v) is 3.50. The minimum atomic E-state index is -0.391. The minimum absolute atomic E-state index is 0.179. The zero-order valence-electron chi connectivity index (χ0n) is 11.9. The smallest absolute Gasteiger partial charge is 0.341 e. The van der Waals surface area contributed by atoms with E-state index in [1.165, 1.54) is 6.20 Å². The Morgan fingerprint density at radius 2 is 2.15 bits per heavy atom. The van der Waals surface area contributed by atoms with Crippen molar-refractivity contribution in [1.82, 2.24) is 9.97 Å². The molecule has 6 heteroatoms. The van der Waals surface area contributed by atoms with Crippen molar-refractivity contribution in [2.45, 2.75) is 51.7 Å². The number of carbonyl (C=O) groups excluding carboxylic acids is 1. The molecule has 2 rings (SSSR count). The number of rotatable bonds is 4. The number of ether oxygens (including phenoxy) is 1. The molecule has 2 N–H and O–H groups in total. The second-order valence-electron chi connectivity index (χ2n) is 5.06. The number of hydrogen-bond acceptors (Lipinski definition) is 6. The standard InChI is InChI=1S/C14H21N3O3/c1-3-20-13(19)12-8-15-14(16-9(12)2)17-10-4-6-11(18)7-5-10/h8,10-11,18H,3-7H2,1-2H3,(H,15,16,17). The molecule has 20 heavy (non-hydrogen) atoms. The van der Waals surface area contributed by atoms with Crippen LogP contribution in [-0.2, 0) is 4.74 Å². The monoisotopic (exact) mass is 279 g/mol. The highest BCUT2D eigenvalue weighted by molar-refractivity contribution is 5.90. The van der Waals surface area contributed by atoms with E-state index in [4.69, 9.17) is 4.74 Å². The van der Waals surface area contributed by atoms with E-state index < -0.39 is 5.97 Å². The molecule has 1 heterocycles. The van der Waals surface area contributed by atoms with Crippen LogP contribution in [0.25, 0.3) is 0 Å². The van der Waals surface area contributed by atoms with Crippen LogP contribution in [0.3, 0.4) is 0 Å². The van der Waals surface area contributed by atoms with Crippen molar-refractivity contribution in [3.8, 4) is 0 Å². The van der Waals surface area contributed by atoms with Crippen molar-refractivity contribution in [3.63, 3.8) is 0 Å². The van der Waals surface area contributed by atoms with Gasteiger partial charge in [-0.2, -0.15) is 0 Å². The van der Waals surface area contributed by atoms with Crippen LogP contribution in [0.4, 0.5) is 5.95 Å².